The molecule has 0 N–H and O–H groups in total. The summed E-state index contributed by atoms with van der Waals surface area (Å²) in [6.07, 6.45) is 14.6. The zero-order chi connectivity index (χ0) is 14.6. The molecule has 1 aromatic rings. The van der Waals surface area contributed by atoms with Crippen molar-refractivity contribution in [3.8, 4) is 0 Å². The van der Waals surface area contributed by atoms with Gasteiger partial charge in [0.1, 0.15) is 0 Å². The van der Waals surface area contributed by atoms with Gasteiger partial charge in [0.2, 0.25) is 0 Å². The van der Waals surface area contributed by atoms with Gasteiger partial charge in [-0.05, 0) is 30.5 Å². The second-order valence-corrected chi connectivity index (χ2v) is 5.16. The van der Waals surface area contributed by atoms with Crippen LogP contribution in [0.1, 0.15) is 63.9 Å². The van der Waals surface area contributed by atoms with Crippen molar-refractivity contribution in [3.05, 3.63) is 46.0 Å². The topological polar surface area (TPSA) is 43.1 Å². The normalized spacial score (nSPS) is 11.1. The SMILES string of the molecule is CCCCCCCCCC=Cc1ccc([N+](=O)[O-])cc1. The third kappa shape index (κ3) is 7.07. The van der Waals surface area contributed by atoms with Crippen LogP contribution in [0, 0.1) is 10.1 Å². The first kappa shape index (κ1) is 16.4. The molecule has 0 amide bonds. The average molecular weight is 275 g/mol. The number of nitro groups is 1. The van der Waals surface area contributed by atoms with E-state index in [1.807, 2.05) is 6.08 Å². The minimum Gasteiger partial charge on any atom is -0.258 e. The Morgan fingerprint density at radius 3 is 2.20 bits per heavy atom. The second kappa shape index (κ2) is 10.2. The molecule has 0 aliphatic rings. The molecule has 110 valence electrons. The van der Waals surface area contributed by atoms with Gasteiger partial charge in [-0.25, -0.2) is 0 Å². The summed E-state index contributed by atoms with van der Waals surface area (Å²) >= 11 is 0. The maximum absolute atomic E-state index is 10.5. The summed E-state index contributed by atoms with van der Waals surface area (Å²) in [6, 6.07) is 6.68. The molecule has 0 aromatic heterocycles. The number of nitrogens with zero attached hydrogens (tertiary/aromatic N) is 1. The molecule has 3 heteroatoms. The van der Waals surface area contributed by atoms with Crippen molar-refractivity contribution in [1.29, 1.82) is 0 Å². The van der Waals surface area contributed by atoms with Crippen molar-refractivity contribution in [3.63, 3.8) is 0 Å². The largest absolute Gasteiger partial charge is 0.269 e. The predicted octanol–water partition coefficient (Wildman–Crippen LogP) is 5.75. The van der Waals surface area contributed by atoms with Crippen LogP contribution in [-0.4, -0.2) is 4.92 Å². The minimum absolute atomic E-state index is 0.147. The Hall–Kier alpha value is -1.64. The third-order valence-electron chi connectivity index (χ3n) is 3.39. The number of hydrogen-bond acceptors (Lipinski definition) is 2. The first-order valence-corrected chi connectivity index (χ1v) is 7.65. The number of rotatable bonds is 10. The average Bonchev–Trinajstić information content (AvgIpc) is 2.46. The lowest BCUT2D eigenvalue weighted by molar-refractivity contribution is -0.384. The van der Waals surface area contributed by atoms with Gasteiger partial charge < -0.3 is 0 Å². The monoisotopic (exact) mass is 275 g/mol. The second-order valence-electron chi connectivity index (χ2n) is 5.16. The van der Waals surface area contributed by atoms with Crippen LogP contribution < -0.4 is 0 Å². The molecule has 0 unspecified atom stereocenters. The molecule has 1 rings (SSSR count). The number of non-ortho nitro benzene ring substituents is 1. The lowest BCUT2D eigenvalue weighted by atomic mass is 10.1. The molecule has 0 radical (unpaired) electrons. The van der Waals surface area contributed by atoms with Gasteiger partial charge in [-0.3, -0.25) is 10.1 Å². The molecule has 0 heterocycles. The van der Waals surface area contributed by atoms with E-state index in [9.17, 15) is 10.1 Å². The van der Waals surface area contributed by atoms with Gasteiger partial charge in [-0.2, -0.15) is 0 Å². The van der Waals surface area contributed by atoms with Crippen LogP contribution in [0.3, 0.4) is 0 Å². The molecule has 0 fully saturated rings. The molecular weight excluding hydrogens is 250 g/mol. The summed E-state index contributed by atoms with van der Waals surface area (Å²) in [5.41, 5.74) is 1.17. The Balaban J connectivity index is 2.13. The predicted molar refractivity (Wildman–Crippen MR) is 84.7 cm³/mol. The van der Waals surface area contributed by atoms with Crippen LogP contribution in [0.25, 0.3) is 6.08 Å². The van der Waals surface area contributed by atoms with Crippen LogP contribution in [0.5, 0.6) is 0 Å². The summed E-state index contributed by atoms with van der Waals surface area (Å²) in [5.74, 6) is 0. The van der Waals surface area contributed by atoms with Crippen molar-refractivity contribution in [1.82, 2.24) is 0 Å². The van der Waals surface area contributed by atoms with E-state index >= 15 is 0 Å². The van der Waals surface area contributed by atoms with Crippen molar-refractivity contribution in [2.75, 3.05) is 0 Å². The Labute approximate surface area is 121 Å². The van der Waals surface area contributed by atoms with E-state index in [0.29, 0.717) is 0 Å². The molecule has 0 saturated carbocycles. The van der Waals surface area contributed by atoms with Gasteiger partial charge in [-0.1, -0.05) is 57.6 Å². The van der Waals surface area contributed by atoms with Gasteiger partial charge in [-0.15, -0.1) is 0 Å². The standard InChI is InChI=1S/C17H25NO2/c1-2-3-4-5-6-7-8-9-10-11-16-12-14-17(15-13-16)18(19)20/h10-15H,2-9H2,1H3. The molecule has 20 heavy (non-hydrogen) atoms. The van der Waals surface area contributed by atoms with Gasteiger partial charge >= 0.3 is 0 Å². The molecule has 0 spiro atoms. The van der Waals surface area contributed by atoms with Crippen molar-refractivity contribution in [2.24, 2.45) is 0 Å². The quantitative estimate of drug-likeness (QED) is 0.310. The van der Waals surface area contributed by atoms with Crippen LogP contribution >= 0.6 is 0 Å². The van der Waals surface area contributed by atoms with Crippen molar-refractivity contribution in [2.45, 2.75) is 58.3 Å². The lowest BCUT2D eigenvalue weighted by Gasteiger charge is -1.99. The first-order chi connectivity index (χ1) is 9.74. The zero-order valence-electron chi connectivity index (χ0n) is 12.4. The van der Waals surface area contributed by atoms with E-state index in [4.69, 9.17) is 0 Å². The lowest BCUT2D eigenvalue weighted by Crippen LogP contribution is -1.86. The van der Waals surface area contributed by atoms with Gasteiger partial charge in [0.25, 0.3) is 5.69 Å². The Morgan fingerprint density at radius 2 is 1.60 bits per heavy atom. The number of hydrogen-bond donors (Lipinski definition) is 0. The fourth-order valence-corrected chi connectivity index (χ4v) is 2.15. The number of nitro benzene ring substituents is 1. The molecule has 0 aliphatic carbocycles. The number of benzene rings is 1. The van der Waals surface area contributed by atoms with Crippen molar-refractivity contribution < 1.29 is 4.92 Å². The summed E-state index contributed by atoms with van der Waals surface area (Å²) in [7, 11) is 0. The summed E-state index contributed by atoms with van der Waals surface area (Å²) in [4.78, 5) is 10.2. The fourth-order valence-electron chi connectivity index (χ4n) is 2.15. The fraction of sp³-hybridized carbons (Fsp3) is 0.529. The van der Waals surface area contributed by atoms with E-state index in [1.165, 1.54) is 44.9 Å². The van der Waals surface area contributed by atoms with Crippen LogP contribution in [0.2, 0.25) is 0 Å². The van der Waals surface area contributed by atoms with Crippen LogP contribution in [-0.2, 0) is 0 Å². The van der Waals surface area contributed by atoms with E-state index in [0.717, 1.165) is 12.0 Å². The highest BCUT2D eigenvalue weighted by atomic mass is 16.6. The summed E-state index contributed by atoms with van der Waals surface area (Å²) < 4.78 is 0. The smallest absolute Gasteiger partial charge is 0.258 e. The van der Waals surface area contributed by atoms with Crippen LogP contribution in [0.4, 0.5) is 5.69 Å². The van der Waals surface area contributed by atoms with Gasteiger partial charge in [0.15, 0.2) is 0 Å². The summed E-state index contributed by atoms with van der Waals surface area (Å²) in [6.45, 7) is 2.24. The van der Waals surface area contributed by atoms with Crippen molar-refractivity contribution >= 4 is 11.8 Å². The maximum atomic E-state index is 10.5. The van der Waals surface area contributed by atoms with Gasteiger partial charge in [0, 0.05) is 12.1 Å². The van der Waals surface area contributed by atoms with Gasteiger partial charge in [0.05, 0.1) is 4.92 Å². The Morgan fingerprint density at radius 1 is 1.00 bits per heavy atom. The molecule has 0 atom stereocenters. The third-order valence-corrected chi connectivity index (χ3v) is 3.39. The number of unbranched alkanes of at least 4 members (excludes halogenated alkanes) is 7. The highest BCUT2D eigenvalue weighted by molar-refractivity contribution is 5.51. The first-order valence-electron chi connectivity index (χ1n) is 7.65. The highest BCUT2D eigenvalue weighted by Gasteiger charge is 2.01. The van der Waals surface area contributed by atoms with E-state index in [-0.39, 0.29) is 10.6 Å². The Bertz CT molecular complexity index is 410. The minimum atomic E-state index is -0.369. The molecule has 3 nitrogen and oxygen atoms in total. The summed E-state index contributed by atoms with van der Waals surface area (Å²) in [5, 5.41) is 10.5. The molecule has 0 bridgehead atoms. The van der Waals surface area contributed by atoms with E-state index in [1.54, 1.807) is 24.3 Å². The van der Waals surface area contributed by atoms with Crippen LogP contribution in [0.15, 0.2) is 30.3 Å². The molecule has 0 aliphatic heterocycles. The van der Waals surface area contributed by atoms with E-state index < -0.39 is 0 Å². The van der Waals surface area contributed by atoms with E-state index in [2.05, 4.69) is 13.0 Å². The number of allylic oxidation sites excluding steroid dienone is 1. The highest BCUT2D eigenvalue weighted by Crippen LogP contribution is 2.14. The maximum Gasteiger partial charge on any atom is 0.269 e. The molecular formula is C17H25NO2. The Kier molecular flexibility index (Phi) is 8.36. The molecule has 1 aromatic carbocycles. The zero-order valence-corrected chi connectivity index (χ0v) is 12.4. The molecule has 0 saturated heterocycles.